The number of nitrogens with two attached hydrogens (primary N) is 1. The quantitative estimate of drug-likeness (QED) is 0.822. The van der Waals surface area contributed by atoms with Crippen molar-refractivity contribution in [2.24, 2.45) is 11.7 Å². The van der Waals surface area contributed by atoms with E-state index in [1.165, 1.54) is 6.42 Å². The van der Waals surface area contributed by atoms with Crippen LogP contribution in [0.2, 0.25) is 0 Å². The molecule has 0 bridgehead atoms. The summed E-state index contributed by atoms with van der Waals surface area (Å²) < 4.78 is 2.21. The highest BCUT2D eigenvalue weighted by Gasteiger charge is 2.27. The SMILES string of the molecule is Cc1nccn1CCN1CC(CN)CC1C. The van der Waals surface area contributed by atoms with Crippen LogP contribution in [-0.4, -0.2) is 40.1 Å². The number of aryl methyl sites for hydroxylation is 1. The fourth-order valence-electron chi connectivity index (χ4n) is 2.58. The van der Waals surface area contributed by atoms with Gasteiger partial charge in [0.15, 0.2) is 0 Å². The zero-order valence-electron chi connectivity index (χ0n) is 10.3. The normalized spacial score (nSPS) is 26.4. The molecule has 1 aromatic heterocycles. The third-order valence-corrected chi connectivity index (χ3v) is 3.68. The minimum atomic E-state index is 0.678. The van der Waals surface area contributed by atoms with Gasteiger partial charge in [-0.15, -0.1) is 0 Å². The van der Waals surface area contributed by atoms with E-state index in [9.17, 15) is 0 Å². The Hall–Kier alpha value is -0.870. The lowest BCUT2D eigenvalue weighted by Gasteiger charge is -2.21. The van der Waals surface area contributed by atoms with Crippen LogP contribution in [-0.2, 0) is 6.54 Å². The summed E-state index contributed by atoms with van der Waals surface area (Å²) >= 11 is 0. The van der Waals surface area contributed by atoms with Crippen molar-refractivity contribution in [3.8, 4) is 0 Å². The zero-order valence-corrected chi connectivity index (χ0v) is 10.3. The number of likely N-dealkylation sites (tertiary alicyclic amines) is 1. The molecule has 2 rings (SSSR count). The number of nitrogens with zero attached hydrogens (tertiary/aromatic N) is 3. The van der Waals surface area contributed by atoms with E-state index in [4.69, 9.17) is 5.73 Å². The van der Waals surface area contributed by atoms with Gasteiger partial charge in [0.25, 0.3) is 0 Å². The predicted molar refractivity (Wildman–Crippen MR) is 65.2 cm³/mol. The molecule has 0 aliphatic carbocycles. The van der Waals surface area contributed by atoms with Crippen LogP contribution in [0, 0.1) is 12.8 Å². The molecule has 2 unspecified atom stereocenters. The Bertz CT molecular complexity index is 334. The molecule has 4 nitrogen and oxygen atoms in total. The number of rotatable bonds is 4. The Kier molecular flexibility index (Phi) is 3.61. The minimum Gasteiger partial charge on any atom is -0.334 e. The maximum Gasteiger partial charge on any atom is 0.105 e. The van der Waals surface area contributed by atoms with Gasteiger partial charge in [-0.05, 0) is 32.7 Å². The Morgan fingerprint density at radius 2 is 2.31 bits per heavy atom. The molecule has 16 heavy (non-hydrogen) atoms. The van der Waals surface area contributed by atoms with Crippen LogP contribution >= 0.6 is 0 Å². The van der Waals surface area contributed by atoms with Gasteiger partial charge in [-0.25, -0.2) is 4.98 Å². The molecule has 0 spiro atoms. The van der Waals surface area contributed by atoms with Crippen molar-refractivity contribution in [1.29, 1.82) is 0 Å². The molecule has 1 aromatic rings. The molecule has 0 saturated carbocycles. The van der Waals surface area contributed by atoms with Crippen molar-refractivity contribution in [3.05, 3.63) is 18.2 Å². The van der Waals surface area contributed by atoms with Crippen LogP contribution in [0.1, 0.15) is 19.2 Å². The first-order chi connectivity index (χ1) is 7.70. The molecule has 0 radical (unpaired) electrons. The van der Waals surface area contributed by atoms with E-state index in [1.54, 1.807) is 0 Å². The first kappa shape index (κ1) is 11.6. The predicted octanol–water partition coefficient (Wildman–Crippen LogP) is 0.861. The molecule has 1 aliphatic heterocycles. The monoisotopic (exact) mass is 222 g/mol. The summed E-state index contributed by atoms with van der Waals surface area (Å²) in [6, 6.07) is 0.678. The molecule has 1 saturated heterocycles. The lowest BCUT2D eigenvalue weighted by Crippen LogP contribution is -2.31. The van der Waals surface area contributed by atoms with E-state index in [1.807, 2.05) is 6.20 Å². The van der Waals surface area contributed by atoms with Crippen molar-refractivity contribution in [2.45, 2.75) is 32.9 Å². The second kappa shape index (κ2) is 4.97. The number of hydrogen-bond donors (Lipinski definition) is 1. The van der Waals surface area contributed by atoms with E-state index < -0.39 is 0 Å². The van der Waals surface area contributed by atoms with Crippen LogP contribution in [0.3, 0.4) is 0 Å². The number of imidazole rings is 1. The molecule has 2 N–H and O–H groups in total. The Morgan fingerprint density at radius 3 is 2.88 bits per heavy atom. The molecular formula is C12H22N4. The van der Waals surface area contributed by atoms with Crippen LogP contribution in [0.25, 0.3) is 0 Å². The summed E-state index contributed by atoms with van der Waals surface area (Å²) in [6.45, 7) is 8.48. The third kappa shape index (κ3) is 2.44. The second-order valence-electron chi connectivity index (χ2n) is 4.85. The molecular weight excluding hydrogens is 200 g/mol. The van der Waals surface area contributed by atoms with Crippen LogP contribution in [0.4, 0.5) is 0 Å². The highest BCUT2D eigenvalue weighted by molar-refractivity contribution is 4.89. The first-order valence-corrected chi connectivity index (χ1v) is 6.12. The lowest BCUT2D eigenvalue weighted by atomic mass is 10.1. The summed E-state index contributed by atoms with van der Waals surface area (Å²) in [5, 5.41) is 0. The molecule has 0 amide bonds. The van der Waals surface area contributed by atoms with E-state index in [2.05, 4.69) is 34.5 Å². The maximum absolute atomic E-state index is 5.73. The molecule has 1 fully saturated rings. The van der Waals surface area contributed by atoms with Gasteiger partial charge in [-0.1, -0.05) is 0 Å². The van der Waals surface area contributed by atoms with Gasteiger partial charge in [-0.2, -0.15) is 0 Å². The molecule has 4 heteroatoms. The van der Waals surface area contributed by atoms with Gasteiger partial charge < -0.3 is 10.3 Å². The Labute approximate surface area is 97.4 Å². The van der Waals surface area contributed by atoms with Gasteiger partial charge >= 0.3 is 0 Å². The van der Waals surface area contributed by atoms with E-state index >= 15 is 0 Å². The second-order valence-corrected chi connectivity index (χ2v) is 4.85. The van der Waals surface area contributed by atoms with Crippen molar-refractivity contribution < 1.29 is 0 Å². The average Bonchev–Trinajstić information content (AvgIpc) is 2.82. The average molecular weight is 222 g/mol. The van der Waals surface area contributed by atoms with Crippen molar-refractivity contribution in [1.82, 2.24) is 14.5 Å². The summed E-state index contributed by atoms with van der Waals surface area (Å²) in [6.07, 6.45) is 5.17. The largest absolute Gasteiger partial charge is 0.334 e. The molecule has 1 aliphatic rings. The van der Waals surface area contributed by atoms with E-state index in [-0.39, 0.29) is 0 Å². The van der Waals surface area contributed by atoms with Crippen molar-refractivity contribution in [3.63, 3.8) is 0 Å². The highest BCUT2D eigenvalue weighted by Crippen LogP contribution is 2.21. The molecule has 90 valence electrons. The first-order valence-electron chi connectivity index (χ1n) is 6.12. The van der Waals surface area contributed by atoms with Crippen molar-refractivity contribution >= 4 is 0 Å². The van der Waals surface area contributed by atoms with Crippen molar-refractivity contribution in [2.75, 3.05) is 19.6 Å². The topological polar surface area (TPSA) is 47.1 Å². The number of hydrogen-bond acceptors (Lipinski definition) is 3. The van der Waals surface area contributed by atoms with Gasteiger partial charge in [0.2, 0.25) is 0 Å². The summed E-state index contributed by atoms with van der Waals surface area (Å²) in [7, 11) is 0. The standard InChI is InChI=1S/C12H22N4/c1-10-7-12(8-13)9-16(10)6-5-15-4-3-14-11(15)2/h3-4,10,12H,5-9,13H2,1-2H3. The minimum absolute atomic E-state index is 0.678. The van der Waals surface area contributed by atoms with Gasteiger partial charge in [0.1, 0.15) is 5.82 Å². The third-order valence-electron chi connectivity index (χ3n) is 3.68. The van der Waals surface area contributed by atoms with Gasteiger partial charge in [0, 0.05) is 38.1 Å². The smallest absolute Gasteiger partial charge is 0.105 e. The lowest BCUT2D eigenvalue weighted by molar-refractivity contribution is 0.253. The van der Waals surface area contributed by atoms with Gasteiger partial charge in [-0.3, -0.25) is 4.90 Å². The summed E-state index contributed by atoms with van der Waals surface area (Å²) in [5.41, 5.74) is 5.73. The Balaban J connectivity index is 1.85. The fourth-order valence-corrected chi connectivity index (χ4v) is 2.58. The van der Waals surface area contributed by atoms with Gasteiger partial charge in [0.05, 0.1) is 0 Å². The Morgan fingerprint density at radius 1 is 1.50 bits per heavy atom. The fraction of sp³-hybridized carbons (Fsp3) is 0.750. The summed E-state index contributed by atoms with van der Waals surface area (Å²) in [4.78, 5) is 6.78. The molecule has 0 aromatic carbocycles. The zero-order chi connectivity index (χ0) is 11.5. The number of aromatic nitrogens is 2. The summed E-state index contributed by atoms with van der Waals surface area (Å²) in [5.74, 6) is 1.79. The van der Waals surface area contributed by atoms with E-state index in [0.29, 0.717) is 12.0 Å². The van der Waals surface area contributed by atoms with Crippen LogP contribution < -0.4 is 5.73 Å². The van der Waals surface area contributed by atoms with E-state index in [0.717, 1.165) is 32.0 Å². The van der Waals surface area contributed by atoms with Crippen LogP contribution in [0.15, 0.2) is 12.4 Å². The molecule has 2 atom stereocenters. The van der Waals surface area contributed by atoms with Crippen LogP contribution in [0.5, 0.6) is 0 Å². The highest BCUT2D eigenvalue weighted by atomic mass is 15.2. The molecule has 2 heterocycles. The maximum atomic E-state index is 5.73.